The molecule has 0 unspecified atom stereocenters. The minimum Gasteiger partial charge on any atom is -0.492 e. The smallest absolute Gasteiger partial charge is 0.122 e. The second-order valence-corrected chi connectivity index (χ2v) is 4.19. The predicted octanol–water partition coefficient (Wildman–Crippen LogP) is 1.35. The maximum Gasteiger partial charge on any atom is 0.122 e. The maximum atomic E-state index is 8.96. The summed E-state index contributed by atoms with van der Waals surface area (Å²) in [5, 5.41) is 12.4. The van der Waals surface area contributed by atoms with Gasteiger partial charge in [-0.3, -0.25) is 0 Å². The lowest BCUT2D eigenvalue weighted by Gasteiger charge is -2.14. The van der Waals surface area contributed by atoms with Gasteiger partial charge in [-0.05, 0) is 37.4 Å². The van der Waals surface area contributed by atoms with Crippen molar-refractivity contribution in [3.63, 3.8) is 0 Å². The molecule has 1 saturated heterocycles. The summed E-state index contributed by atoms with van der Waals surface area (Å²) in [5.74, 6) is 0.908. The zero-order chi connectivity index (χ0) is 11.2. The molecule has 3 heteroatoms. The predicted molar refractivity (Wildman–Crippen MR) is 63.8 cm³/mol. The van der Waals surface area contributed by atoms with Crippen LogP contribution < -0.4 is 10.1 Å². The molecular formula is C13H19NO2. The first kappa shape index (κ1) is 11.4. The van der Waals surface area contributed by atoms with Crippen molar-refractivity contribution in [2.24, 2.45) is 0 Å². The van der Waals surface area contributed by atoms with Gasteiger partial charge in [0.2, 0.25) is 0 Å². The van der Waals surface area contributed by atoms with Crippen LogP contribution in [-0.2, 0) is 6.42 Å². The standard InChI is InChI=1S/C13H19NO2/c15-9-7-11-4-1-2-6-13(11)16-10-12-5-3-8-14-12/h1-2,4,6,12,14-15H,3,5,7-10H2/t12-/m0/s1. The van der Waals surface area contributed by atoms with E-state index in [-0.39, 0.29) is 6.61 Å². The molecule has 1 aromatic carbocycles. The van der Waals surface area contributed by atoms with Crippen molar-refractivity contribution >= 4 is 0 Å². The SMILES string of the molecule is OCCc1ccccc1OC[C@@H]1CCCN1. The summed E-state index contributed by atoms with van der Waals surface area (Å²) in [6, 6.07) is 8.42. The summed E-state index contributed by atoms with van der Waals surface area (Å²) >= 11 is 0. The highest BCUT2D eigenvalue weighted by Gasteiger charge is 2.14. The first-order valence-corrected chi connectivity index (χ1v) is 5.95. The van der Waals surface area contributed by atoms with E-state index in [1.165, 1.54) is 12.8 Å². The molecule has 0 spiro atoms. The third kappa shape index (κ3) is 2.97. The van der Waals surface area contributed by atoms with Crippen LogP contribution in [0.5, 0.6) is 5.75 Å². The van der Waals surface area contributed by atoms with Crippen LogP contribution in [0.3, 0.4) is 0 Å². The zero-order valence-electron chi connectivity index (χ0n) is 9.48. The Balaban J connectivity index is 1.91. The molecule has 1 fully saturated rings. The van der Waals surface area contributed by atoms with Crippen LogP contribution in [0.15, 0.2) is 24.3 Å². The van der Waals surface area contributed by atoms with Crippen molar-refractivity contribution in [3.05, 3.63) is 29.8 Å². The van der Waals surface area contributed by atoms with Crippen LogP contribution in [0.2, 0.25) is 0 Å². The molecule has 88 valence electrons. The third-order valence-corrected chi connectivity index (χ3v) is 2.96. The number of ether oxygens (including phenoxy) is 1. The molecule has 3 nitrogen and oxygen atoms in total. The molecule has 0 bridgehead atoms. The number of aliphatic hydroxyl groups is 1. The van der Waals surface area contributed by atoms with Gasteiger partial charge in [-0.25, -0.2) is 0 Å². The molecule has 1 aliphatic rings. The first-order valence-electron chi connectivity index (χ1n) is 5.95. The maximum absolute atomic E-state index is 8.96. The van der Waals surface area contributed by atoms with Crippen molar-refractivity contribution in [2.45, 2.75) is 25.3 Å². The largest absolute Gasteiger partial charge is 0.492 e. The zero-order valence-corrected chi connectivity index (χ0v) is 9.48. The minimum absolute atomic E-state index is 0.169. The van der Waals surface area contributed by atoms with Crippen molar-refractivity contribution in [1.82, 2.24) is 5.32 Å². The quantitative estimate of drug-likeness (QED) is 0.788. The molecule has 1 aromatic rings. The van der Waals surface area contributed by atoms with Gasteiger partial charge in [0.15, 0.2) is 0 Å². The summed E-state index contributed by atoms with van der Waals surface area (Å²) in [7, 11) is 0. The Hall–Kier alpha value is -1.06. The number of hydrogen-bond donors (Lipinski definition) is 2. The van der Waals surface area contributed by atoms with Gasteiger partial charge in [0, 0.05) is 12.6 Å². The van der Waals surface area contributed by atoms with E-state index >= 15 is 0 Å². The molecule has 16 heavy (non-hydrogen) atoms. The normalized spacial score (nSPS) is 19.9. The molecular weight excluding hydrogens is 202 g/mol. The van der Waals surface area contributed by atoms with Gasteiger partial charge in [0.05, 0.1) is 0 Å². The van der Waals surface area contributed by atoms with Gasteiger partial charge >= 0.3 is 0 Å². The summed E-state index contributed by atoms with van der Waals surface area (Å²) in [6.45, 7) is 2.00. The van der Waals surface area contributed by atoms with Crippen LogP contribution in [0, 0.1) is 0 Å². The molecule has 2 N–H and O–H groups in total. The van der Waals surface area contributed by atoms with Crippen LogP contribution in [0.4, 0.5) is 0 Å². The molecule has 0 aliphatic carbocycles. The fraction of sp³-hybridized carbons (Fsp3) is 0.538. The summed E-state index contributed by atoms with van der Waals surface area (Å²) in [5.41, 5.74) is 1.09. The molecule has 0 aromatic heterocycles. The fourth-order valence-corrected chi connectivity index (χ4v) is 2.06. The van der Waals surface area contributed by atoms with E-state index in [4.69, 9.17) is 9.84 Å². The van der Waals surface area contributed by atoms with E-state index in [2.05, 4.69) is 5.32 Å². The number of para-hydroxylation sites is 1. The molecule has 0 amide bonds. The van der Waals surface area contributed by atoms with Crippen molar-refractivity contribution in [2.75, 3.05) is 19.8 Å². The van der Waals surface area contributed by atoms with E-state index in [0.717, 1.165) is 24.5 Å². The fourth-order valence-electron chi connectivity index (χ4n) is 2.06. The Morgan fingerprint density at radius 1 is 1.38 bits per heavy atom. The molecule has 1 atom stereocenters. The average Bonchev–Trinajstić information content (AvgIpc) is 2.81. The van der Waals surface area contributed by atoms with Crippen LogP contribution in [0.25, 0.3) is 0 Å². The highest BCUT2D eigenvalue weighted by Crippen LogP contribution is 2.19. The van der Waals surface area contributed by atoms with E-state index in [1.54, 1.807) is 0 Å². The van der Waals surface area contributed by atoms with E-state index in [9.17, 15) is 0 Å². The van der Waals surface area contributed by atoms with E-state index in [1.807, 2.05) is 24.3 Å². The number of benzene rings is 1. The minimum atomic E-state index is 0.169. The van der Waals surface area contributed by atoms with Gasteiger partial charge < -0.3 is 15.2 Å². The highest BCUT2D eigenvalue weighted by molar-refractivity contribution is 5.33. The van der Waals surface area contributed by atoms with Crippen LogP contribution in [-0.4, -0.2) is 30.9 Å². The Morgan fingerprint density at radius 2 is 2.25 bits per heavy atom. The molecule has 0 radical (unpaired) electrons. The Kier molecular flexibility index (Phi) is 4.19. The van der Waals surface area contributed by atoms with Gasteiger partial charge in [-0.2, -0.15) is 0 Å². The first-order chi connectivity index (χ1) is 7.90. The molecule has 1 heterocycles. The van der Waals surface area contributed by atoms with Gasteiger partial charge in [0.1, 0.15) is 12.4 Å². The van der Waals surface area contributed by atoms with Gasteiger partial charge in [-0.15, -0.1) is 0 Å². The topological polar surface area (TPSA) is 41.5 Å². The Labute approximate surface area is 96.4 Å². The van der Waals surface area contributed by atoms with Crippen LogP contribution >= 0.6 is 0 Å². The summed E-state index contributed by atoms with van der Waals surface area (Å²) in [6.07, 6.45) is 3.10. The number of rotatable bonds is 5. The Bertz CT molecular complexity index is 321. The number of nitrogens with one attached hydrogen (secondary N) is 1. The van der Waals surface area contributed by atoms with Crippen LogP contribution in [0.1, 0.15) is 18.4 Å². The van der Waals surface area contributed by atoms with E-state index < -0.39 is 0 Å². The van der Waals surface area contributed by atoms with Crippen molar-refractivity contribution in [3.8, 4) is 5.75 Å². The summed E-state index contributed by atoms with van der Waals surface area (Å²) in [4.78, 5) is 0. The molecule has 2 rings (SSSR count). The lowest BCUT2D eigenvalue weighted by molar-refractivity contribution is 0.267. The van der Waals surface area contributed by atoms with Gasteiger partial charge in [0.25, 0.3) is 0 Å². The molecule has 1 aliphatic heterocycles. The second kappa shape index (κ2) is 5.87. The lowest BCUT2D eigenvalue weighted by Crippen LogP contribution is -2.28. The number of aliphatic hydroxyl groups excluding tert-OH is 1. The number of hydrogen-bond acceptors (Lipinski definition) is 3. The summed E-state index contributed by atoms with van der Waals surface area (Å²) < 4.78 is 5.80. The second-order valence-electron chi connectivity index (χ2n) is 4.19. The third-order valence-electron chi connectivity index (χ3n) is 2.96. The average molecular weight is 221 g/mol. The highest BCUT2D eigenvalue weighted by atomic mass is 16.5. The van der Waals surface area contributed by atoms with Crippen molar-refractivity contribution < 1.29 is 9.84 Å². The van der Waals surface area contributed by atoms with Gasteiger partial charge in [-0.1, -0.05) is 18.2 Å². The molecule has 0 saturated carbocycles. The van der Waals surface area contributed by atoms with E-state index in [0.29, 0.717) is 12.5 Å². The Morgan fingerprint density at radius 3 is 3.00 bits per heavy atom. The monoisotopic (exact) mass is 221 g/mol. The van der Waals surface area contributed by atoms with Crippen molar-refractivity contribution in [1.29, 1.82) is 0 Å². The lowest BCUT2D eigenvalue weighted by atomic mass is 10.1.